The highest BCUT2D eigenvalue weighted by molar-refractivity contribution is 8.00. The molecule has 2 heterocycles. The van der Waals surface area contributed by atoms with Crippen LogP contribution in [0.5, 0.6) is 5.75 Å². The van der Waals surface area contributed by atoms with Gasteiger partial charge in [-0.1, -0.05) is 11.6 Å². The Kier molecular flexibility index (Phi) is 6.32. The summed E-state index contributed by atoms with van der Waals surface area (Å²) in [5.74, 6) is 0.402. The summed E-state index contributed by atoms with van der Waals surface area (Å²) in [6, 6.07) is 3.59. The molecule has 0 aliphatic carbocycles. The summed E-state index contributed by atoms with van der Waals surface area (Å²) in [6.45, 7) is 2.15. The van der Waals surface area contributed by atoms with Gasteiger partial charge in [-0.2, -0.15) is 4.31 Å². The first-order valence-electron chi connectivity index (χ1n) is 7.95. The van der Waals surface area contributed by atoms with Crippen molar-refractivity contribution in [2.45, 2.75) is 24.4 Å². The maximum absolute atomic E-state index is 13.1. The first kappa shape index (κ1) is 20.4. The third kappa shape index (κ3) is 4.40. The number of methoxy groups -OCH3 is 1. The Balaban J connectivity index is 1.80. The number of hydrogen-bond acceptors (Lipinski definition) is 7. The second kappa shape index (κ2) is 8.36. The number of sulfonamides is 1. The molecule has 3 rings (SSSR count). The molecule has 1 aliphatic heterocycles. The molecular formula is C16H18ClN3O4S3. The lowest BCUT2D eigenvalue weighted by Gasteiger charge is -2.23. The number of aryl methyl sites for hydroxylation is 1. The van der Waals surface area contributed by atoms with E-state index in [4.69, 9.17) is 16.3 Å². The lowest BCUT2D eigenvalue weighted by molar-refractivity contribution is -0.124. The molecule has 1 aliphatic rings. The first-order valence-corrected chi connectivity index (χ1v) is 11.8. The minimum Gasteiger partial charge on any atom is -0.495 e. The van der Waals surface area contributed by atoms with Gasteiger partial charge in [-0.05, 0) is 25.1 Å². The number of carbonyl (C=O) groups excluding carboxylic acids is 1. The number of amides is 1. The predicted octanol–water partition coefficient (Wildman–Crippen LogP) is 2.49. The summed E-state index contributed by atoms with van der Waals surface area (Å²) < 4.78 is 32.6. The van der Waals surface area contributed by atoms with E-state index in [0.717, 1.165) is 10.7 Å². The fourth-order valence-electron chi connectivity index (χ4n) is 2.63. The van der Waals surface area contributed by atoms with E-state index in [2.05, 4.69) is 10.3 Å². The molecule has 27 heavy (non-hydrogen) atoms. The highest BCUT2D eigenvalue weighted by atomic mass is 35.5. The van der Waals surface area contributed by atoms with E-state index in [-0.39, 0.29) is 34.0 Å². The Morgan fingerprint density at radius 2 is 2.26 bits per heavy atom. The number of nitrogens with one attached hydrogen (secondary N) is 1. The van der Waals surface area contributed by atoms with Gasteiger partial charge < -0.3 is 10.1 Å². The molecule has 0 radical (unpaired) electrons. The van der Waals surface area contributed by atoms with Crippen LogP contribution in [-0.4, -0.2) is 48.4 Å². The number of carbonyl (C=O) groups is 1. The van der Waals surface area contributed by atoms with E-state index in [9.17, 15) is 13.2 Å². The number of benzene rings is 1. The van der Waals surface area contributed by atoms with Crippen molar-refractivity contribution in [1.29, 1.82) is 0 Å². The zero-order chi connectivity index (χ0) is 19.6. The van der Waals surface area contributed by atoms with Crippen LogP contribution < -0.4 is 10.1 Å². The number of halogens is 1. The maximum atomic E-state index is 13.1. The quantitative estimate of drug-likeness (QED) is 0.731. The molecule has 146 valence electrons. The van der Waals surface area contributed by atoms with Gasteiger partial charge in [-0.25, -0.2) is 13.4 Å². The number of aromatic nitrogens is 1. The fourth-order valence-corrected chi connectivity index (χ4v) is 6.82. The number of nitrogens with zero attached hydrogens (tertiary/aromatic N) is 2. The highest BCUT2D eigenvalue weighted by Gasteiger charge is 2.41. The molecular weight excluding hydrogens is 430 g/mol. The smallest absolute Gasteiger partial charge is 0.248 e. The van der Waals surface area contributed by atoms with Crippen molar-refractivity contribution in [2.24, 2.45) is 0 Å². The second-order valence-electron chi connectivity index (χ2n) is 5.78. The van der Waals surface area contributed by atoms with Crippen molar-refractivity contribution in [3.05, 3.63) is 39.3 Å². The van der Waals surface area contributed by atoms with Gasteiger partial charge in [-0.15, -0.1) is 23.1 Å². The summed E-state index contributed by atoms with van der Waals surface area (Å²) in [5, 5.41) is 5.83. The van der Waals surface area contributed by atoms with E-state index in [1.54, 1.807) is 6.07 Å². The summed E-state index contributed by atoms with van der Waals surface area (Å²) in [5.41, 5.74) is 0.752. The zero-order valence-electron chi connectivity index (χ0n) is 14.6. The van der Waals surface area contributed by atoms with Crippen molar-refractivity contribution < 1.29 is 17.9 Å². The molecule has 0 unspecified atom stereocenters. The molecule has 1 atom stereocenters. The van der Waals surface area contributed by atoms with Crippen LogP contribution in [0, 0.1) is 6.92 Å². The molecule has 0 saturated carbocycles. The van der Waals surface area contributed by atoms with Crippen LogP contribution in [0.1, 0.15) is 10.7 Å². The van der Waals surface area contributed by atoms with Gasteiger partial charge in [0.15, 0.2) is 0 Å². The average Bonchev–Trinajstić information content (AvgIpc) is 3.29. The molecule has 2 aromatic rings. The van der Waals surface area contributed by atoms with E-state index in [0.29, 0.717) is 5.75 Å². The maximum Gasteiger partial charge on any atom is 0.248 e. The minimum absolute atomic E-state index is 0.0482. The van der Waals surface area contributed by atoms with Gasteiger partial charge in [0.2, 0.25) is 15.9 Å². The lowest BCUT2D eigenvalue weighted by Crippen LogP contribution is -2.47. The molecule has 7 nitrogen and oxygen atoms in total. The normalized spacial score (nSPS) is 17.8. The molecule has 1 fully saturated rings. The van der Waals surface area contributed by atoms with Gasteiger partial charge in [0.05, 0.1) is 30.2 Å². The summed E-state index contributed by atoms with van der Waals surface area (Å²) in [7, 11) is -2.56. The van der Waals surface area contributed by atoms with Gasteiger partial charge in [0.1, 0.15) is 16.7 Å². The number of ether oxygens (including phenoxy) is 1. The summed E-state index contributed by atoms with van der Waals surface area (Å²) in [4.78, 5) is 16.9. The molecule has 11 heteroatoms. The third-order valence-electron chi connectivity index (χ3n) is 3.97. The Morgan fingerprint density at radius 1 is 1.48 bits per heavy atom. The Morgan fingerprint density at radius 3 is 2.93 bits per heavy atom. The molecule has 1 saturated heterocycles. The highest BCUT2D eigenvalue weighted by Crippen LogP contribution is 2.34. The molecule has 1 aromatic carbocycles. The fraction of sp³-hybridized carbons (Fsp3) is 0.375. The molecule has 1 N–H and O–H groups in total. The number of thiazole rings is 1. The number of thioether (sulfide) groups is 1. The Labute approximate surface area is 171 Å². The second-order valence-corrected chi connectivity index (χ2v) is 10.1. The van der Waals surface area contributed by atoms with E-state index < -0.39 is 16.1 Å². The molecule has 0 spiro atoms. The van der Waals surface area contributed by atoms with Gasteiger partial charge in [0, 0.05) is 16.2 Å². The summed E-state index contributed by atoms with van der Waals surface area (Å²) >= 11 is 8.85. The summed E-state index contributed by atoms with van der Waals surface area (Å²) in [6.07, 6.45) is 0. The first-order chi connectivity index (χ1) is 12.8. The standard InChI is InChI=1S/C16H18ClN3O4S3/c1-10-19-12(7-26-10)6-18-16(21)13-8-25-9-20(13)27(22,23)15-5-11(17)3-4-14(15)24-2/h3-5,7,13H,6,8-9H2,1-2H3,(H,18,21)/t13-/m1/s1. The van der Waals surface area contributed by atoms with Crippen LogP contribution in [0.3, 0.4) is 0 Å². The topological polar surface area (TPSA) is 88.6 Å². The Hall–Kier alpha value is -1.33. The monoisotopic (exact) mass is 447 g/mol. The zero-order valence-corrected chi connectivity index (χ0v) is 17.8. The van der Waals surface area contributed by atoms with Gasteiger partial charge >= 0.3 is 0 Å². The van der Waals surface area contributed by atoms with Crippen molar-refractivity contribution in [1.82, 2.24) is 14.6 Å². The number of hydrogen-bond donors (Lipinski definition) is 1. The van der Waals surface area contributed by atoms with Crippen molar-refractivity contribution >= 4 is 50.6 Å². The third-order valence-corrected chi connectivity index (χ3v) is 8.08. The van der Waals surface area contributed by atoms with Crippen molar-refractivity contribution in [2.75, 3.05) is 18.7 Å². The molecule has 1 amide bonds. The predicted molar refractivity (Wildman–Crippen MR) is 107 cm³/mol. The number of rotatable bonds is 6. The molecule has 0 bridgehead atoms. The van der Waals surface area contributed by atoms with Crippen molar-refractivity contribution in [3.8, 4) is 5.75 Å². The minimum atomic E-state index is -3.95. The van der Waals surface area contributed by atoms with Crippen molar-refractivity contribution in [3.63, 3.8) is 0 Å². The van der Waals surface area contributed by atoms with Crippen LogP contribution in [0.2, 0.25) is 5.02 Å². The van der Waals surface area contributed by atoms with Crippen LogP contribution >= 0.6 is 34.7 Å². The largest absolute Gasteiger partial charge is 0.495 e. The SMILES string of the molecule is COc1ccc(Cl)cc1S(=O)(=O)N1CSC[C@@H]1C(=O)NCc1csc(C)n1. The average molecular weight is 448 g/mol. The lowest BCUT2D eigenvalue weighted by atomic mass is 10.3. The van der Waals surface area contributed by atoms with E-state index in [1.807, 2.05) is 12.3 Å². The van der Waals surface area contributed by atoms with E-state index >= 15 is 0 Å². The van der Waals surface area contributed by atoms with Gasteiger partial charge in [-0.3, -0.25) is 4.79 Å². The van der Waals surface area contributed by atoms with Crippen LogP contribution in [0.25, 0.3) is 0 Å². The van der Waals surface area contributed by atoms with Crippen LogP contribution in [-0.2, 0) is 21.4 Å². The van der Waals surface area contributed by atoms with Crippen LogP contribution in [0.15, 0.2) is 28.5 Å². The Bertz CT molecular complexity index is 948. The van der Waals surface area contributed by atoms with E-state index in [1.165, 1.54) is 46.6 Å². The van der Waals surface area contributed by atoms with Gasteiger partial charge in [0.25, 0.3) is 0 Å². The van der Waals surface area contributed by atoms with Crippen LogP contribution in [0.4, 0.5) is 0 Å². The molecule has 1 aromatic heterocycles.